The van der Waals surface area contributed by atoms with Gasteiger partial charge in [0.25, 0.3) is 11.8 Å². The van der Waals surface area contributed by atoms with Gasteiger partial charge in [-0.1, -0.05) is 33.6 Å². The second-order valence-electron chi connectivity index (χ2n) is 5.72. The van der Waals surface area contributed by atoms with Gasteiger partial charge in [-0.3, -0.25) is 14.6 Å². The van der Waals surface area contributed by atoms with Gasteiger partial charge in [0.2, 0.25) is 0 Å². The lowest BCUT2D eigenvalue weighted by Crippen LogP contribution is -2.33. The van der Waals surface area contributed by atoms with Crippen LogP contribution in [-0.2, 0) is 0 Å². The number of hydrogen-bond donors (Lipinski definition) is 1. The summed E-state index contributed by atoms with van der Waals surface area (Å²) in [7, 11) is 0. The van der Waals surface area contributed by atoms with Gasteiger partial charge < -0.3 is 10.2 Å². The van der Waals surface area contributed by atoms with E-state index in [0.717, 1.165) is 45.2 Å². The van der Waals surface area contributed by atoms with Gasteiger partial charge in [0.1, 0.15) is 0 Å². The lowest BCUT2D eigenvalue weighted by molar-refractivity contribution is 0.0755. The van der Waals surface area contributed by atoms with Crippen LogP contribution in [0.3, 0.4) is 0 Å². The van der Waals surface area contributed by atoms with Gasteiger partial charge in [-0.25, -0.2) is 0 Å². The van der Waals surface area contributed by atoms with Crippen LogP contribution in [-0.4, -0.2) is 41.3 Å². The van der Waals surface area contributed by atoms with E-state index in [9.17, 15) is 9.59 Å². The molecule has 5 heteroatoms. The number of nitrogens with zero attached hydrogens (tertiary/aromatic N) is 2. The summed E-state index contributed by atoms with van der Waals surface area (Å²) in [5.41, 5.74) is 0.924. The lowest BCUT2D eigenvalue weighted by Gasteiger charge is -2.21. The van der Waals surface area contributed by atoms with Crippen LogP contribution in [0.2, 0.25) is 0 Å². The largest absolute Gasteiger partial charge is 0.352 e. The van der Waals surface area contributed by atoms with Crippen LogP contribution in [0, 0.1) is 0 Å². The number of rotatable bonds is 10. The summed E-state index contributed by atoms with van der Waals surface area (Å²) in [4.78, 5) is 30.6. The van der Waals surface area contributed by atoms with Crippen LogP contribution in [0.15, 0.2) is 18.5 Å². The molecule has 1 heterocycles. The molecule has 0 aliphatic heterocycles. The Balaban J connectivity index is 2.74. The number of unbranched alkanes of at least 4 members (excludes halogenated alkanes) is 2. The molecule has 0 aliphatic carbocycles. The van der Waals surface area contributed by atoms with Gasteiger partial charge >= 0.3 is 0 Å². The van der Waals surface area contributed by atoms with Crippen molar-refractivity contribution >= 4 is 11.8 Å². The van der Waals surface area contributed by atoms with E-state index in [-0.39, 0.29) is 11.8 Å². The first-order chi connectivity index (χ1) is 11.1. The molecule has 23 heavy (non-hydrogen) atoms. The molecule has 0 spiro atoms. The third-order valence-electron chi connectivity index (χ3n) is 3.59. The molecule has 1 aromatic heterocycles. The van der Waals surface area contributed by atoms with E-state index in [2.05, 4.69) is 17.2 Å². The van der Waals surface area contributed by atoms with E-state index >= 15 is 0 Å². The zero-order chi connectivity index (χ0) is 17.1. The Bertz CT molecular complexity index is 497. The first-order valence-electron chi connectivity index (χ1n) is 8.66. The van der Waals surface area contributed by atoms with E-state index in [4.69, 9.17) is 0 Å². The van der Waals surface area contributed by atoms with Gasteiger partial charge in [0, 0.05) is 32.0 Å². The predicted octanol–water partition coefficient (Wildman–Crippen LogP) is 3.26. The van der Waals surface area contributed by atoms with Crippen molar-refractivity contribution < 1.29 is 9.59 Å². The number of pyridine rings is 1. The Morgan fingerprint density at radius 3 is 2.26 bits per heavy atom. The van der Waals surface area contributed by atoms with Crippen LogP contribution >= 0.6 is 0 Å². The van der Waals surface area contributed by atoms with Crippen molar-refractivity contribution in [2.45, 2.75) is 52.9 Å². The van der Waals surface area contributed by atoms with E-state index in [0.29, 0.717) is 17.7 Å². The monoisotopic (exact) mass is 319 g/mol. The Kier molecular flexibility index (Phi) is 8.95. The highest BCUT2D eigenvalue weighted by Crippen LogP contribution is 2.08. The summed E-state index contributed by atoms with van der Waals surface area (Å²) in [6.45, 7) is 8.32. The summed E-state index contributed by atoms with van der Waals surface area (Å²) < 4.78 is 0. The smallest absolute Gasteiger partial charge is 0.255 e. The molecule has 0 atom stereocenters. The number of amides is 2. The molecule has 0 aromatic carbocycles. The van der Waals surface area contributed by atoms with Crippen molar-refractivity contribution in [2.24, 2.45) is 0 Å². The number of carbonyl (C=O) groups excluding carboxylic acids is 2. The molecule has 0 bridgehead atoms. The fraction of sp³-hybridized carbons (Fsp3) is 0.611. The number of nitrogens with one attached hydrogen (secondary N) is 1. The maximum atomic E-state index is 12.6. The number of aromatic nitrogens is 1. The fourth-order valence-electron chi connectivity index (χ4n) is 2.40. The maximum absolute atomic E-state index is 12.6. The van der Waals surface area contributed by atoms with Crippen molar-refractivity contribution in [2.75, 3.05) is 19.6 Å². The second-order valence-corrected chi connectivity index (χ2v) is 5.72. The second kappa shape index (κ2) is 10.8. The molecule has 0 saturated heterocycles. The van der Waals surface area contributed by atoms with Crippen molar-refractivity contribution in [1.82, 2.24) is 15.2 Å². The van der Waals surface area contributed by atoms with Gasteiger partial charge in [-0.15, -0.1) is 0 Å². The van der Waals surface area contributed by atoms with Gasteiger partial charge in [-0.05, 0) is 25.3 Å². The SMILES string of the molecule is CCCCCNC(=O)c1cncc(C(=O)N(CCC)CCC)c1. The third-order valence-corrected chi connectivity index (χ3v) is 3.59. The molecule has 1 aromatic rings. The Labute approximate surface area is 139 Å². The predicted molar refractivity (Wildman–Crippen MR) is 92.6 cm³/mol. The molecule has 0 aliphatic rings. The van der Waals surface area contributed by atoms with Crippen molar-refractivity contribution in [3.63, 3.8) is 0 Å². The Morgan fingerprint density at radius 1 is 1.00 bits per heavy atom. The summed E-state index contributed by atoms with van der Waals surface area (Å²) in [6, 6.07) is 1.64. The standard InChI is InChI=1S/C18H29N3O2/c1-4-7-8-9-20-17(22)15-12-16(14-19-13-15)18(23)21(10-5-2)11-6-3/h12-14H,4-11H2,1-3H3,(H,20,22). The average molecular weight is 319 g/mol. The number of carbonyl (C=O) groups is 2. The Morgan fingerprint density at radius 2 is 1.65 bits per heavy atom. The van der Waals surface area contributed by atoms with Crippen LogP contribution < -0.4 is 5.32 Å². The zero-order valence-electron chi connectivity index (χ0n) is 14.6. The van der Waals surface area contributed by atoms with E-state index in [1.54, 1.807) is 6.07 Å². The quantitative estimate of drug-likeness (QED) is 0.673. The first-order valence-corrected chi connectivity index (χ1v) is 8.66. The molecule has 0 unspecified atom stereocenters. The van der Waals surface area contributed by atoms with Crippen LogP contribution in [0.25, 0.3) is 0 Å². The van der Waals surface area contributed by atoms with Gasteiger partial charge in [-0.2, -0.15) is 0 Å². The minimum Gasteiger partial charge on any atom is -0.352 e. The molecule has 1 N–H and O–H groups in total. The van der Waals surface area contributed by atoms with Crippen LogP contribution in [0.4, 0.5) is 0 Å². The minimum atomic E-state index is -0.166. The summed E-state index contributed by atoms with van der Waals surface area (Å²) in [6.07, 6.45) is 8.05. The highest BCUT2D eigenvalue weighted by molar-refractivity contribution is 5.99. The summed E-state index contributed by atoms with van der Waals surface area (Å²) >= 11 is 0. The zero-order valence-corrected chi connectivity index (χ0v) is 14.6. The summed E-state index contributed by atoms with van der Waals surface area (Å²) in [5, 5.41) is 2.88. The van der Waals surface area contributed by atoms with Gasteiger partial charge in [0.15, 0.2) is 0 Å². The molecule has 0 radical (unpaired) electrons. The minimum absolute atomic E-state index is 0.0539. The summed E-state index contributed by atoms with van der Waals surface area (Å²) in [5.74, 6) is -0.220. The molecule has 128 valence electrons. The van der Waals surface area contributed by atoms with Crippen molar-refractivity contribution in [3.05, 3.63) is 29.6 Å². The maximum Gasteiger partial charge on any atom is 0.255 e. The van der Waals surface area contributed by atoms with Crippen molar-refractivity contribution in [3.8, 4) is 0 Å². The third kappa shape index (κ3) is 6.38. The topological polar surface area (TPSA) is 62.3 Å². The first kappa shape index (κ1) is 19.1. The average Bonchev–Trinajstić information content (AvgIpc) is 2.58. The van der Waals surface area contributed by atoms with E-state index in [1.807, 2.05) is 18.7 Å². The molecular weight excluding hydrogens is 290 g/mol. The molecule has 0 fully saturated rings. The fourth-order valence-corrected chi connectivity index (χ4v) is 2.40. The van der Waals surface area contributed by atoms with Gasteiger partial charge in [0.05, 0.1) is 11.1 Å². The highest BCUT2D eigenvalue weighted by Gasteiger charge is 2.16. The molecule has 2 amide bonds. The highest BCUT2D eigenvalue weighted by atomic mass is 16.2. The van der Waals surface area contributed by atoms with Crippen LogP contribution in [0.1, 0.15) is 73.6 Å². The normalized spacial score (nSPS) is 10.4. The Hall–Kier alpha value is -1.91. The van der Waals surface area contributed by atoms with Crippen LogP contribution in [0.5, 0.6) is 0 Å². The molecule has 1 rings (SSSR count). The van der Waals surface area contributed by atoms with E-state index in [1.165, 1.54) is 12.4 Å². The lowest BCUT2D eigenvalue weighted by atomic mass is 10.1. The van der Waals surface area contributed by atoms with E-state index < -0.39 is 0 Å². The molecule has 5 nitrogen and oxygen atoms in total. The molecule has 0 saturated carbocycles. The number of hydrogen-bond acceptors (Lipinski definition) is 3. The van der Waals surface area contributed by atoms with Crippen molar-refractivity contribution in [1.29, 1.82) is 0 Å². The molecular formula is C18H29N3O2.